The number of aromatic nitrogens is 1. The van der Waals surface area contributed by atoms with E-state index in [0.29, 0.717) is 41.7 Å². The second kappa shape index (κ2) is 8.75. The molecule has 0 aliphatic carbocycles. The molecule has 0 spiro atoms. The molecule has 0 N–H and O–H groups in total. The van der Waals surface area contributed by atoms with Crippen LogP contribution in [0.1, 0.15) is 21.5 Å². The normalized spacial score (nSPS) is 14.9. The zero-order chi connectivity index (χ0) is 21.3. The first-order valence-corrected chi connectivity index (χ1v) is 10.7. The van der Waals surface area contributed by atoms with Crippen LogP contribution in [0.15, 0.2) is 30.3 Å². The molecule has 1 aliphatic rings. The molecule has 1 saturated heterocycles. The summed E-state index contributed by atoms with van der Waals surface area (Å²) in [5.74, 6) is -1.58. The van der Waals surface area contributed by atoms with Crippen molar-refractivity contribution in [3.8, 4) is 0 Å². The Morgan fingerprint density at radius 3 is 2.53 bits per heavy atom. The molecule has 2 aromatic carbocycles. The van der Waals surface area contributed by atoms with Crippen LogP contribution < -0.4 is 4.90 Å². The van der Waals surface area contributed by atoms with Gasteiger partial charge in [-0.2, -0.15) is 0 Å². The van der Waals surface area contributed by atoms with Gasteiger partial charge >= 0.3 is 0 Å². The van der Waals surface area contributed by atoms with Crippen molar-refractivity contribution >= 4 is 32.6 Å². The topological polar surface area (TPSA) is 45.7 Å². The van der Waals surface area contributed by atoms with Crippen LogP contribution >= 0.6 is 11.3 Å². The number of hydrogen-bond acceptors (Lipinski definition) is 5. The highest BCUT2D eigenvalue weighted by atomic mass is 32.1. The predicted octanol–water partition coefficient (Wildman–Crippen LogP) is 4.17. The Labute approximate surface area is 177 Å². The molecule has 30 heavy (non-hydrogen) atoms. The van der Waals surface area contributed by atoms with Gasteiger partial charge in [0.15, 0.2) is 10.9 Å². The number of amides is 1. The molecule has 0 atom stereocenters. The highest BCUT2D eigenvalue weighted by Crippen LogP contribution is 2.32. The van der Waals surface area contributed by atoms with Crippen LogP contribution in [0.25, 0.3) is 10.2 Å². The number of fused-ring (bicyclic) bond motifs is 1. The lowest BCUT2D eigenvalue weighted by Crippen LogP contribution is -2.43. The van der Waals surface area contributed by atoms with E-state index in [9.17, 15) is 13.6 Å². The van der Waals surface area contributed by atoms with Crippen LogP contribution in [-0.4, -0.2) is 55.2 Å². The lowest BCUT2D eigenvalue weighted by molar-refractivity contribution is 0.0391. The number of aryl methyl sites for hydroxylation is 2. The molecule has 158 valence electrons. The van der Waals surface area contributed by atoms with Crippen LogP contribution in [-0.2, 0) is 4.74 Å². The first-order valence-electron chi connectivity index (χ1n) is 9.86. The molecule has 0 unspecified atom stereocenters. The summed E-state index contributed by atoms with van der Waals surface area (Å²) in [6.07, 6.45) is 0. The van der Waals surface area contributed by atoms with Gasteiger partial charge in [0.2, 0.25) is 0 Å². The molecule has 0 radical (unpaired) electrons. The van der Waals surface area contributed by atoms with Crippen molar-refractivity contribution in [2.75, 3.05) is 44.3 Å². The second-order valence-electron chi connectivity index (χ2n) is 7.52. The van der Waals surface area contributed by atoms with E-state index in [4.69, 9.17) is 4.74 Å². The van der Waals surface area contributed by atoms with E-state index in [1.54, 1.807) is 4.90 Å². The lowest BCUT2D eigenvalue weighted by Gasteiger charge is -2.29. The zero-order valence-electron chi connectivity index (χ0n) is 17.0. The van der Waals surface area contributed by atoms with E-state index >= 15 is 0 Å². The first-order chi connectivity index (χ1) is 14.4. The third-order valence-electron chi connectivity index (χ3n) is 5.09. The third-order valence-corrected chi connectivity index (χ3v) is 6.12. The number of ether oxygens (including phenoxy) is 1. The molecule has 1 amide bonds. The summed E-state index contributed by atoms with van der Waals surface area (Å²) in [5, 5.41) is 0.368. The van der Waals surface area contributed by atoms with Gasteiger partial charge < -0.3 is 4.74 Å². The van der Waals surface area contributed by atoms with Gasteiger partial charge in [0.05, 0.1) is 17.9 Å². The average molecular weight is 432 g/mol. The first kappa shape index (κ1) is 20.8. The fraction of sp³-hybridized carbons (Fsp3) is 0.364. The highest BCUT2D eigenvalue weighted by molar-refractivity contribution is 7.22. The van der Waals surface area contributed by atoms with Crippen molar-refractivity contribution in [2.24, 2.45) is 0 Å². The zero-order valence-corrected chi connectivity index (χ0v) is 17.8. The van der Waals surface area contributed by atoms with Crippen LogP contribution in [0.4, 0.5) is 13.9 Å². The molecule has 0 bridgehead atoms. The molecule has 3 aromatic rings. The van der Waals surface area contributed by atoms with Gasteiger partial charge in [0, 0.05) is 37.8 Å². The van der Waals surface area contributed by atoms with E-state index in [2.05, 4.69) is 9.88 Å². The van der Waals surface area contributed by atoms with Crippen molar-refractivity contribution in [3.63, 3.8) is 0 Å². The highest BCUT2D eigenvalue weighted by Gasteiger charge is 2.24. The molecule has 2 heterocycles. The average Bonchev–Trinajstić information content (AvgIpc) is 3.12. The Hall–Kier alpha value is -2.42. The lowest BCUT2D eigenvalue weighted by atomic mass is 10.1. The van der Waals surface area contributed by atoms with Gasteiger partial charge in [-0.05, 0) is 32.0 Å². The summed E-state index contributed by atoms with van der Waals surface area (Å²) >= 11 is 1.12. The summed E-state index contributed by atoms with van der Waals surface area (Å²) < 4.78 is 33.6. The van der Waals surface area contributed by atoms with E-state index in [1.165, 1.54) is 6.07 Å². The number of halogens is 2. The number of carbonyl (C=O) groups is 1. The largest absolute Gasteiger partial charge is 0.379 e. The Kier molecular flexibility index (Phi) is 6.08. The Bertz CT molecular complexity index is 1060. The number of hydrogen-bond donors (Lipinski definition) is 0. The predicted molar refractivity (Wildman–Crippen MR) is 114 cm³/mol. The van der Waals surface area contributed by atoms with Gasteiger partial charge in [-0.1, -0.05) is 28.5 Å². The quantitative estimate of drug-likeness (QED) is 0.608. The minimum Gasteiger partial charge on any atom is -0.379 e. The maximum Gasteiger partial charge on any atom is 0.260 e. The molecule has 5 nitrogen and oxygen atoms in total. The molecule has 1 aliphatic heterocycles. The van der Waals surface area contributed by atoms with E-state index < -0.39 is 11.6 Å². The van der Waals surface area contributed by atoms with E-state index in [1.807, 2.05) is 32.0 Å². The Morgan fingerprint density at radius 2 is 1.83 bits per heavy atom. The number of thiazole rings is 1. The number of rotatable bonds is 5. The second-order valence-corrected chi connectivity index (χ2v) is 8.53. The van der Waals surface area contributed by atoms with Gasteiger partial charge in [0.1, 0.15) is 11.3 Å². The smallest absolute Gasteiger partial charge is 0.260 e. The summed E-state index contributed by atoms with van der Waals surface area (Å²) in [4.78, 5) is 21.6. The minimum absolute atomic E-state index is 0.0843. The van der Waals surface area contributed by atoms with Gasteiger partial charge in [-0.15, -0.1) is 0 Å². The van der Waals surface area contributed by atoms with Crippen molar-refractivity contribution in [3.05, 3.63) is 58.7 Å². The van der Waals surface area contributed by atoms with Crippen LogP contribution in [0.3, 0.4) is 0 Å². The monoisotopic (exact) mass is 431 g/mol. The number of morpholine rings is 1. The minimum atomic E-state index is -0.723. The van der Waals surface area contributed by atoms with Crippen molar-refractivity contribution in [1.82, 2.24) is 9.88 Å². The fourth-order valence-corrected chi connectivity index (χ4v) is 4.69. The summed E-state index contributed by atoms with van der Waals surface area (Å²) in [7, 11) is 0. The van der Waals surface area contributed by atoms with Crippen LogP contribution in [0.2, 0.25) is 0 Å². The van der Waals surface area contributed by atoms with E-state index in [0.717, 1.165) is 41.6 Å². The van der Waals surface area contributed by atoms with Crippen molar-refractivity contribution in [1.29, 1.82) is 0 Å². The summed E-state index contributed by atoms with van der Waals surface area (Å²) in [5.41, 5.74) is 2.62. The summed E-state index contributed by atoms with van der Waals surface area (Å²) in [6, 6.07) is 7.75. The van der Waals surface area contributed by atoms with Crippen LogP contribution in [0, 0.1) is 25.5 Å². The van der Waals surface area contributed by atoms with Crippen molar-refractivity contribution < 1.29 is 18.3 Å². The van der Waals surface area contributed by atoms with Crippen molar-refractivity contribution in [2.45, 2.75) is 13.8 Å². The Morgan fingerprint density at radius 1 is 1.13 bits per heavy atom. The third kappa shape index (κ3) is 4.50. The van der Waals surface area contributed by atoms with E-state index in [-0.39, 0.29) is 11.4 Å². The molecule has 1 aromatic heterocycles. The number of carbonyl (C=O) groups excluding carboxylic acids is 1. The molecule has 0 saturated carbocycles. The maximum atomic E-state index is 14.2. The van der Waals surface area contributed by atoms with Gasteiger partial charge in [-0.3, -0.25) is 14.6 Å². The number of anilines is 1. The molecule has 8 heteroatoms. The number of nitrogens with zero attached hydrogens (tertiary/aromatic N) is 3. The fourth-order valence-electron chi connectivity index (χ4n) is 3.67. The van der Waals surface area contributed by atoms with Gasteiger partial charge in [0.25, 0.3) is 5.91 Å². The summed E-state index contributed by atoms with van der Waals surface area (Å²) in [6.45, 7) is 7.85. The molecule has 1 fully saturated rings. The molecular weight excluding hydrogens is 408 g/mol. The maximum absolute atomic E-state index is 14.2. The molecular formula is C22H23F2N3O2S. The molecule has 4 rings (SSSR count). The van der Waals surface area contributed by atoms with Crippen LogP contribution in [0.5, 0.6) is 0 Å². The number of benzene rings is 2. The standard InChI is InChI=1S/C22H23F2N3O2S/c1-14-9-15(2)11-16(10-14)21(28)27(4-3-26-5-7-29-8-6-26)22-25-20-18(24)12-17(23)13-19(20)30-22/h9-13H,3-8H2,1-2H3. The van der Waals surface area contributed by atoms with Gasteiger partial charge in [-0.25, -0.2) is 13.8 Å². The Balaban J connectivity index is 1.69. The SMILES string of the molecule is Cc1cc(C)cc(C(=O)N(CCN2CCOCC2)c2nc3c(F)cc(F)cc3s2)c1.